The number of imidazole rings is 1. The van der Waals surface area contributed by atoms with Gasteiger partial charge in [0.15, 0.2) is 10.8 Å². The zero-order valence-electron chi connectivity index (χ0n) is 10.0. The Balaban J connectivity index is 2.30. The number of nitrogen functional groups attached to an aromatic ring is 1. The summed E-state index contributed by atoms with van der Waals surface area (Å²) >= 11 is 0. The van der Waals surface area contributed by atoms with Crippen molar-refractivity contribution in [2.45, 2.75) is 25.4 Å². The number of aromatic amines is 1. The molecule has 2 heterocycles. The topological polar surface area (TPSA) is 119 Å². The third kappa shape index (κ3) is 2.16. The molecule has 0 fully saturated rings. The highest BCUT2D eigenvalue weighted by molar-refractivity contribution is 7.92. The van der Waals surface area contributed by atoms with Gasteiger partial charge in [0.1, 0.15) is 0 Å². The minimum atomic E-state index is -3.76. The van der Waals surface area contributed by atoms with E-state index in [2.05, 4.69) is 19.9 Å². The van der Waals surface area contributed by atoms with E-state index in [0.29, 0.717) is 12.2 Å². The fraction of sp³-hybridized carbons (Fsp3) is 0.333. The van der Waals surface area contributed by atoms with Crippen LogP contribution in [0.5, 0.6) is 0 Å². The number of aryl methyl sites for hydroxylation is 2. The Kier molecular flexibility index (Phi) is 2.99. The van der Waals surface area contributed by atoms with Crippen molar-refractivity contribution in [1.82, 2.24) is 19.7 Å². The van der Waals surface area contributed by atoms with Crippen LogP contribution in [-0.2, 0) is 16.6 Å². The first-order valence-electron chi connectivity index (χ1n) is 5.29. The van der Waals surface area contributed by atoms with Gasteiger partial charge in [-0.1, -0.05) is 0 Å². The van der Waals surface area contributed by atoms with Gasteiger partial charge in [-0.15, -0.1) is 0 Å². The van der Waals surface area contributed by atoms with Gasteiger partial charge in [0.25, 0.3) is 10.0 Å². The van der Waals surface area contributed by atoms with Crippen molar-refractivity contribution in [3.8, 4) is 0 Å². The highest BCUT2D eigenvalue weighted by Crippen LogP contribution is 2.21. The summed E-state index contributed by atoms with van der Waals surface area (Å²) in [5.74, 6) is 0.0820. The summed E-state index contributed by atoms with van der Waals surface area (Å²) in [5.41, 5.74) is 6.55. The zero-order valence-corrected chi connectivity index (χ0v) is 10.8. The second-order valence-electron chi connectivity index (χ2n) is 3.76. The number of hydrogen-bond donors (Lipinski definition) is 3. The van der Waals surface area contributed by atoms with E-state index in [1.165, 1.54) is 12.5 Å². The van der Waals surface area contributed by atoms with E-state index in [9.17, 15) is 8.42 Å². The zero-order chi connectivity index (χ0) is 13.3. The summed E-state index contributed by atoms with van der Waals surface area (Å²) in [4.78, 5) is 3.83. The van der Waals surface area contributed by atoms with Crippen molar-refractivity contribution in [3.63, 3.8) is 0 Å². The molecule has 0 saturated heterocycles. The second kappa shape index (κ2) is 4.33. The molecule has 0 aliphatic rings. The molecule has 0 aromatic carbocycles. The molecule has 0 spiro atoms. The molecule has 0 radical (unpaired) electrons. The molecule has 0 bridgehead atoms. The van der Waals surface area contributed by atoms with E-state index in [1.54, 1.807) is 11.5 Å². The fourth-order valence-corrected chi connectivity index (χ4v) is 2.32. The lowest BCUT2D eigenvalue weighted by Gasteiger charge is -2.03. The maximum Gasteiger partial charge on any atom is 0.282 e. The second-order valence-corrected chi connectivity index (χ2v) is 5.39. The molecule has 2 aromatic heterocycles. The molecule has 0 amide bonds. The molecule has 2 rings (SSSR count). The summed E-state index contributed by atoms with van der Waals surface area (Å²) in [6, 6.07) is 0. The lowest BCUT2D eigenvalue weighted by atomic mass is 10.4. The van der Waals surface area contributed by atoms with Gasteiger partial charge in [0, 0.05) is 12.7 Å². The Labute approximate surface area is 104 Å². The number of hydrogen-bond acceptors (Lipinski definition) is 5. The quantitative estimate of drug-likeness (QED) is 0.739. The average molecular weight is 270 g/mol. The van der Waals surface area contributed by atoms with Crippen LogP contribution in [0.2, 0.25) is 0 Å². The summed E-state index contributed by atoms with van der Waals surface area (Å²) in [5, 5.41) is 6.31. The van der Waals surface area contributed by atoms with Gasteiger partial charge in [-0.3, -0.25) is 9.82 Å². The fourth-order valence-electron chi connectivity index (χ4n) is 1.35. The van der Waals surface area contributed by atoms with Crippen LogP contribution >= 0.6 is 0 Å². The van der Waals surface area contributed by atoms with Gasteiger partial charge in [-0.2, -0.15) is 13.5 Å². The molecular weight excluding hydrogens is 256 g/mol. The summed E-state index contributed by atoms with van der Waals surface area (Å²) in [7, 11) is -3.76. The van der Waals surface area contributed by atoms with Crippen molar-refractivity contribution < 1.29 is 8.42 Å². The average Bonchev–Trinajstić information content (AvgIpc) is 2.91. The van der Waals surface area contributed by atoms with Crippen molar-refractivity contribution >= 4 is 21.5 Å². The van der Waals surface area contributed by atoms with Gasteiger partial charge in [-0.25, -0.2) is 4.98 Å². The smallest absolute Gasteiger partial charge is 0.282 e. The van der Waals surface area contributed by atoms with Gasteiger partial charge in [-0.05, 0) is 13.8 Å². The predicted molar refractivity (Wildman–Crippen MR) is 66.4 cm³/mol. The van der Waals surface area contributed by atoms with E-state index >= 15 is 0 Å². The molecule has 0 aliphatic carbocycles. The Morgan fingerprint density at radius 1 is 1.56 bits per heavy atom. The number of sulfonamides is 1. The van der Waals surface area contributed by atoms with E-state index in [1.807, 2.05) is 6.92 Å². The summed E-state index contributed by atoms with van der Waals surface area (Å²) in [6.45, 7) is 4.23. The van der Waals surface area contributed by atoms with Crippen LogP contribution in [0.3, 0.4) is 0 Å². The van der Waals surface area contributed by atoms with Crippen LogP contribution in [0.1, 0.15) is 12.6 Å². The molecule has 98 valence electrons. The molecule has 0 atom stereocenters. The third-order valence-corrected chi connectivity index (χ3v) is 3.70. The number of rotatable bonds is 4. The van der Waals surface area contributed by atoms with Crippen LogP contribution in [0.4, 0.5) is 11.5 Å². The minimum absolute atomic E-state index is 0.0654. The number of nitrogens with two attached hydrogens (primary N) is 1. The molecule has 0 unspecified atom stereocenters. The van der Waals surface area contributed by atoms with Crippen LogP contribution in [0, 0.1) is 6.92 Å². The summed E-state index contributed by atoms with van der Waals surface area (Å²) in [6.07, 6.45) is 2.89. The number of nitrogens with one attached hydrogen (secondary N) is 2. The SMILES string of the molecule is CCn1cnc(S(=O)(=O)Nc2n[nH]c(C)c2N)c1. The maximum atomic E-state index is 12.0. The van der Waals surface area contributed by atoms with E-state index in [-0.39, 0.29) is 16.5 Å². The maximum absolute atomic E-state index is 12.0. The first kappa shape index (κ1) is 12.4. The molecular formula is C9H14N6O2S. The Morgan fingerprint density at radius 2 is 2.28 bits per heavy atom. The lowest BCUT2D eigenvalue weighted by molar-refractivity contribution is 0.597. The summed E-state index contributed by atoms with van der Waals surface area (Å²) < 4.78 is 27.9. The monoisotopic (exact) mass is 270 g/mol. The molecule has 9 heteroatoms. The Morgan fingerprint density at radius 3 is 2.78 bits per heavy atom. The van der Waals surface area contributed by atoms with Crippen LogP contribution < -0.4 is 10.5 Å². The lowest BCUT2D eigenvalue weighted by Crippen LogP contribution is -2.14. The first-order valence-corrected chi connectivity index (χ1v) is 6.77. The van der Waals surface area contributed by atoms with Crippen LogP contribution in [0.25, 0.3) is 0 Å². The third-order valence-electron chi connectivity index (χ3n) is 2.48. The van der Waals surface area contributed by atoms with Crippen molar-refractivity contribution in [1.29, 1.82) is 0 Å². The minimum Gasteiger partial charge on any atom is -0.394 e. The van der Waals surface area contributed by atoms with Gasteiger partial charge in [0.05, 0.1) is 17.7 Å². The molecule has 8 nitrogen and oxygen atoms in total. The number of anilines is 2. The molecule has 0 aliphatic heterocycles. The molecule has 2 aromatic rings. The number of aromatic nitrogens is 4. The number of H-pyrrole nitrogens is 1. The first-order chi connectivity index (χ1) is 8.44. The van der Waals surface area contributed by atoms with Crippen LogP contribution in [-0.4, -0.2) is 28.2 Å². The van der Waals surface area contributed by atoms with Gasteiger partial charge in [0.2, 0.25) is 0 Å². The van der Waals surface area contributed by atoms with Gasteiger partial charge < -0.3 is 10.3 Å². The molecule has 0 saturated carbocycles. The van der Waals surface area contributed by atoms with E-state index in [4.69, 9.17) is 5.73 Å². The number of nitrogens with zero attached hydrogens (tertiary/aromatic N) is 3. The standard InChI is InChI=1S/C9H14N6O2S/c1-3-15-4-7(11-5-15)18(16,17)14-9-8(10)6(2)12-13-9/h4-5H,3,10H2,1-2H3,(H2,12,13,14). The van der Waals surface area contributed by atoms with E-state index < -0.39 is 10.0 Å². The van der Waals surface area contributed by atoms with Crippen molar-refractivity contribution in [3.05, 3.63) is 18.2 Å². The van der Waals surface area contributed by atoms with Crippen LogP contribution in [0.15, 0.2) is 17.6 Å². The van der Waals surface area contributed by atoms with E-state index in [0.717, 1.165) is 0 Å². The largest absolute Gasteiger partial charge is 0.394 e. The normalized spacial score (nSPS) is 11.7. The Bertz CT molecular complexity index is 656. The molecule has 4 N–H and O–H groups in total. The molecule has 18 heavy (non-hydrogen) atoms. The highest BCUT2D eigenvalue weighted by atomic mass is 32.2. The van der Waals surface area contributed by atoms with Gasteiger partial charge >= 0.3 is 0 Å². The van der Waals surface area contributed by atoms with Crippen molar-refractivity contribution in [2.75, 3.05) is 10.5 Å². The Hall–Kier alpha value is -2.03. The van der Waals surface area contributed by atoms with Crippen molar-refractivity contribution in [2.24, 2.45) is 0 Å². The highest BCUT2D eigenvalue weighted by Gasteiger charge is 2.20. The predicted octanol–water partition coefficient (Wildman–Crippen LogP) is 0.318.